The molecule has 0 atom stereocenters. The first-order valence-electron chi connectivity index (χ1n) is 5.70. The molecule has 0 saturated carbocycles. The minimum Gasteiger partial charge on any atom is -0.458 e. The first-order valence-corrected chi connectivity index (χ1v) is 6.11. The van der Waals surface area contributed by atoms with E-state index in [-0.39, 0.29) is 5.54 Å². The SMILES string of the molecule is CCc1ccc(-c2n[nH]c(=S)n2C(C)(C)C)o1. The van der Waals surface area contributed by atoms with Crippen molar-refractivity contribution < 1.29 is 4.42 Å². The Hall–Kier alpha value is -1.36. The summed E-state index contributed by atoms with van der Waals surface area (Å²) in [5.74, 6) is 2.46. The Morgan fingerprint density at radius 2 is 2.12 bits per heavy atom. The molecule has 0 unspecified atom stereocenters. The summed E-state index contributed by atoms with van der Waals surface area (Å²) in [4.78, 5) is 0. The van der Waals surface area contributed by atoms with Crippen molar-refractivity contribution >= 4 is 12.2 Å². The van der Waals surface area contributed by atoms with Gasteiger partial charge in [-0.25, -0.2) is 0 Å². The van der Waals surface area contributed by atoms with E-state index in [0.29, 0.717) is 4.77 Å². The summed E-state index contributed by atoms with van der Waals surface area (Å²) in [7, 11) is 0. The molecule has 2 heterocycles. The molecule has 0 saturated heterocycles. The van der Waals surface area contributed by atoms with E-state index in [2.05, 4.69) is 37.9 Å². The Morgan fingerprint density at radius 1 is 1.41 bits per heavy atom. The van der Waals surface area contributed by atoms with Crippen molar-refractivity contribution in [3.05, 3.63) is 22.7 Å². The minimum absolute atomic E-state index is 0.126. The number of aromatic nitrogens is 3. The normalized spacial score (nSPS) is 12.0. The Balaban J connectivity index is 2.57. The van der Waals surface area contributed by atoms with E-state index in [0.717, 1.165) is 23.8 Å². The van der Waals surface area contributed by atoms with Gasteiger partial charge in [-0.1, -0.05) is 6.92 Å². The smallest absolute Gasteiger partial charge is 0.198 e. The van der Waals surface area contributed by atoms with E-state index in [1.54, 1.807) is 0 Å². The number of nitrogens with zero attached hydrogens (tertiary/aromatic N) is 2. The van der Waals surface area contributed by atoms with Crippen molar-refractivity contribution in [3.63, 3.8) is 0 Å². The number of hydrogen-bond acceptors (Lipinski definition) is 3. The third kappa shape index (κ3) is 2.20. The van der Waals surface area contributed by atoms with Gasteiger partial charge in [-0.3, -0.25) is 9.67 Å². The average Bonchev–Trinajstić information content (AvgIpc) is 2.81. The lowest BCUT2D eigenvalue weighted by atomic mass is 10.1. The molecule has 0 bridgehead atoms. The van der Waals surface area contributed by atoms with Gasteiger partial charge < -0.3 is 4.42 Å². The van der Waals surface area contributed by atoms with Crippen LogP contribution in [0.3, 0.4) is 0 Å². The highest BCUT2D eigenvalue weighted by Crippen LogP contribution is 2.26. The highest BCUT2D eigenvalue weighted by atomic mass is 32.1. The van der Waals surface area contributed by atoms with Crippen molar-refractivity contribution in [3.8, 4) is 11.6 Å². The molecule has 0 aliphatic rings. The molecule has 5 heteroatoms. The third-order valence-electron chi connectivity index (χ3n) is 2.57. The molecule has 0 spiro atoms. The lowest BCUT2D eigenvalue weighted by Crippen LogP contribution is -2.22. The number of rotatable bonds is 2. The summed E-state index contributed by atoms with van der Waals surface area (Å²) >= 11 is 5.26. The predicted molar refractivity (Wildman–Crippen MR) is 69.5 cm³/mol. The minimum atomic E-state index is -0.126. The second-order valence-corrected chi connectivity index (χ2v) is 5.36. The van der Waals surface area contributed by atoms with Crippen LogP contribution in [0, 0.1) is 4.77 Å². The van der Waals surface area contributed by atoms with E-state index in [1.807, 2.05) is 16.7 Å². The Bertz CT molecular complexity index is 571. The zero-order chi connectivity index (χ0) is 12.6. The number of aryl methyl sites for hydroxylation is 1. The molecule has 92 valence electrons. The summed E-state index contributed by atoms with van der Waals surface area (Å²) < 4.78 is 8.30. The molecule has 0 fully saturated rings. The number of hydrogen-bond donors (Lipinski definition) is 1. The first-order chi connectivity index (χ1) is 7.93. The maximum atomic E-state index is 5.72. The van der Waals surface area contributed by atoms with E-state index < -0.39 is 0 Å². The fourth-order valence-electron chi connectivity index (χ4n) is 1.77. The van der Waals surface area contributed by atoms with Crippen LogP contribution < -0.4 is 0 Å². The third-order valence-corrected chi connectivity index (χ3v) is 2.85. The molecule has 0 aliphatic heterocycles. The van der Waals surface area contributed by atoms with Gasteiger partial charge in [-0.05, 0) is 45.1 Å². The second-order valence-electron chi connectivity index (χ2n) is 4.98. The highest BCUT2D eigenvalue weighted by Gasteiger charge is 2.22. The Kier molecular flexibility index (Phi) is 2.95. The van der Waals surface area contributed by atoms with Gasteiger partial charge in [-0.15, -0.1) is 0 Å². The fraction of sp³-hybridized carbons (Fsp3) is 0.500. The molecule has 0 radical (unpaired) electrons. The van der Waals surface area contributed by atoms with Crippen molar-refractivity contribution in [1.29, 1.82) is 0 Å². The van der Waals surface area contributed by atoms with Crippen LogP contribution >= 0.6 is 12.2 Å². The molecule has 1 N–H and O–H groups in total. The summed E-state index contributed by atoms with van der Waals surface area (Å²) in [6, 6.07) is 3.91. The summed E-state index contributed by atoms with van der Waals surface area (Å²) in [6.07, 6.45) is 0.876. The monoisotopic (exact) mass is 251 g/mol. The maximum Gasteiger partial charge on any atom is 0.198 e. The number of aromatic amines is 1. The molecule has 17 heavy (non-hydrogen) atoms. The van der Waals surface area contributed by atoms with Crippen molar-refractivity contribution in [2.24, 2.45) is 0 Å². The molecule has 4 nitrogen and oxygen atoms in total. The highest BCUT2D eigenvalue weighted by molar-refractivity contribution is 7.71. The quantitative estimate of drug-likeness (QED) is 0.831. The van der Waals surface area contributed by atoms with Crippen molar-refractivity contribution in [2.75, 3.05) is 0 Å². The van der Waals surface area contributed by atoms with Gasteiger partial charge >= 0.3 is 0 Å². The number of nitrogens with one attached hydrogen (secondary N) is 1. The van der Waals surface area contributed by atoms with Gasteiger partial charge in [0, 0.05) is 12.0 Å². The van der Waals surface area contributed by atoms with E-state index >= 15 is 0 Å². The van der Waals surface area contributed by atoms with Gasteiger partial charge in [0.25, 0.3) is 0 Å². The lowest BCUT2D eigenvalue weighted by molar-refractivity contribution is 0.390. The first kappa shape index (κ1) is 12.1. The van der Waals surface area contributed by atoms with Gasteiger partial charge in [-0.2, -0.15) is 5.10 Å². The molecule has 2 aromatic rings. The van der Waals surface area contributed by atoms with E-state index in [4.69, 9.17) is 16.6 Å². The fourth-order valence-corrected chi connectivity index (χ4v) is 2.18. The average molecular weight is 251 g/mol. The van der Waals surface area contributed by atoms with Gasteiger partial charge in [0.15, 0.2) is 16.4 Å². The molecular formula is C12H17N3OS. The van der Waals surface area contributed by atoms with Crippen LogP contribution in [-0.4, -0.2) is 14.8 Å². The van der Waals surface area contributed by atoms with Crippen LogP contribution in [0.2, 0.25) is 0 Å². The summed E-state index contributed by atoms with van der Waals surface area (Å²) in [5.41, 5.74) is -0.126. The van der Waals surface area contributed by atoms with Crippen LogP contribution in [-0.2, 0) is 12.0 Å². The molecule has 2 rings (SSSR count). The molecule has 0 aliphatic carbocycles. The number of furan rings is 1. The zero-order valence-electron chi connectivity index (χ0n) is 10.6. The summed E-state index contributed by atoms with van der Waals surface area (Å²) in [6.45, 7) is 8.33. The second kappa shape index (κ2) is 4.14. The Morgan fingerprint density at radius 3 is 2.65 bits per heavy atom. The van der Waals surface area contributed by atoms with Crippen LogP contribution in [0.15, 0.2) is 16.5 Å². The van der Waals surface area contributed by atoms with Gasteiger partial charge in [0.2, 0.25) is 0 Å². The topological polar surface area (TPSA) is 46.8 Å². The van der Waals surface area contributed by atoms with Crippen molar-refractivity contribution in [2.45, 2.75) is 39.7 Å². The standard InChI is InChI=1S/C12H17N3OS/c1-5-8-6-7-9(16-8)10-13-14-11(17)15(10)12(2,3)4/h6-7H,5H2,1-4H3,(H,14,17). The lowest BCUT2D eigenvalue weighted by Gasteiger charge is -2.21. The zero-order valence-corrected chi connectivity index (χ0v) is 11.4. The van der Waals surface area contributed by atoms with Crippen LogP contribution in [0.1, 0.15) is 33.5 Å². The summed E-state index contributed by atoms with van der Waals surface area (Å²) in [5, 5.41) is 7.08. The molecule has 0 amide bonds. The van der Waals surface area contributed by atoms with E-state index in [9.17, 15) is 0 Å². The largest absolute Gasteiger partial charge is 0.458 e. The molecule has 2 aromatic heterocycles. The Labute approximate surface area is 106 Å². The van der Waals surface area contributed by atoms with Crippen LogP contribution in [0.4, 0.5) is 0 Å². The van der Waals surface area contributed by atoms with Crippen LogP contribution in [0.25, 0.3) is 11.6 Å². The predicted octanol–water partition coefficient (Wildman–Crippen LogP) is 3.52. The van der Waals surface area contributed by atoms with Gasteiger partial charge in [0.05, 0.1) is 0 Å². The molecule has 0 aromatic carbocycles. The number of H-pyrrole nitrogens is 1. The van der Waals surface area contributed by atoms with Gasteiger partial charge in [0.1, 0.15) is 5.76 Å². The van der Waals surface area contributed by atoms with Crippen molar-refractivity contribution in [1.82, 2.24) is 14.8 Å². The van der Waals surface area contributed by atoms with E-state index in [1.165, 1.54) is 0 Å². The maximum absolute atomic E-state index is 5.72. The molecular weight excluding hydrogens is 234 g/mol. The van der Waals surface area contributed by atoms with Crippen LogP contribution in [0.5, 0.6) is 0 Å².